The zero-order valence-electron chi connectivity index (χ0n) is 10.2. The van der Waals surface area contributed by atoms with Crippen molar-refractivity contribution in [1.29, 1.82) is 0 Å². The lowest BCUT2D eigenvalue weighted by Gasteiger charge is -2.18. The van der Waals surface area contributed by atoms with Crippen LogP contribution in [0.25, 0.3) is 0 Å². The molecule has 2 aliphatic rings. The van der Waals surface area contributed by atoms with E-state index in [1.807, 2.05) is 24.3 Å². The van der Waals surface area contributed by atoms with Gasteiger partial charge in [0.05, 0.1) is 6.04 Å². The van der Waals surface area contributed by atoms with Crippen molar-refractivity contribution in [1.82, 2.24) is 10.7 Å². The van der Waals surface area contributed by atoms with Crippen LogP contribution in [0.15, 0.2) is 39.7 Å². The Bertz CT molecular complexity index is 607. The average Bonchev–Trinajstić information content (AvgIpc) is 2.95. The van der Waals surface area contributed by atoms with Gasteiger partial charge in [0.15, 0.2) is 10.3 Å². The number of rotatable bonds is 2. The van der Waals surface area contributed by atoms with Crippen LogP contribution in [0, 0.1) is 0 Å². The minimum atomic E-state index is -4.51. The first-order chi connectivity index (χ1) is 9.47. The summed E-state index contributed by atoms with van der Waals surface area (Å²) in [6.45, 7) is 0. The fraction of sp³-hybridized carbons (Fsp3) is 0.308. The van der Waals surface area contributed by atoms with Gasteiger partial charge in [-0.15, -0.1) is 10.5 Å². The summed E-state index contributed by atoms with van der Waals surface area (Å²) >= 11 is 3.02. The van der Waals surface area contributed by atoms with Crippen LogP contribution in [-0.4, -0.2) is 11.9 Å². The first-order valence-electron chi connectivity index (χ1n) is 6.07. The molecular formula is C13H10BrF3N3. The Morgan fingerprint density at radius 2 is 2.00 bits per heavy atom. The molecular weight excluding hydrogens is 335 g/mol. The fourth-order valence-electron chi connectivity index (χ4n) is 2.50. The number of nitrogens with one attached hydrogen (secondary N) is 1. The Morgan fingerprint density at radius 3 is 2.75 bits per heavy atom. The summed E-state index contributed by atoms with van der Waals surface area (Å²) in [7, 11) is 0. The van der Waals surface area contributed by atoms with Crippen molar-refractivity contribution >= 4 is 21.6 Å². The van der Waals surface area contributed by atoms with E-state index < -0.39 is 11.9 Å². The smallest absolute Gasteiger partial charge is 0.374 e. The van der Waals surface area contributed by atoms with Gasteiger partial charge in [0, 0.05) is 0 Å². The van der Waals surface area contributed by atoms with Gasteiger partial charge in [-0.05, 0) is 39.9 Å². The van der Waals surface area contributed by atoms with Gasteiger partial charge in [-0.1, -0.05) is 24.3 Å². The third-order valence-corrected chi connectivity index (χ3v) is 3.96. The molecule has 7 heteroatoms. The molecule has 0 fully saturated rings. The molecule has 1 atom stereocenters. The molecule has 0 spiro atoms. The zero-order valence-corrected chi connectivity index (χ0v) is 11.8. The normalized spacial score (nSPS) is 21.6. The summed E-state index contributed by atoms with van der Waals surface area (Å²) in [5.41, 5.74) is 4.61. The third kappa shape index (κ3) is 2.30. The summed E-state index contributed by atoms with van der Waals surface area (Å²) in [5, 5.41) is 6.13. The van der Waals surface area contributed by atoms with Crippen LogP contribution in [-0.2, 0) is 6.42 Å². The Hall–Kier alpha value is -1.50. The summed E-state index contributed by atoms with van der Waals surface area (Å²) in [5.74, 6) is 0. The number of nitrogens with zero attached hydrogens (tertiary/aromatic N) is 2. The molecule has 1 unspecified atom stereocenters. The van der Waals surface area contributed by atoms with Crippen molar-refractivity contribution in [2.24, 2.45) is 5.10 Å². The van der Waals surface area contributed by atoms with E-state index in [1.165, 1.54) is 5.56 Å². The molecule has 20 heavy (non-hydrogen) atoms. The van der Waals surface area contributed by atoms with E-state index in [0.29, 0.717) is 0 Å². The maximum absolute atomic E-state index is 12.9. The molecule has 1 N–H and O–H groups in total. The van der Waals surface area contributed by atoms with E-state index in [4.69, 9.17) is 0 Å². The van der Waals surface area contributed by atoms with Crippen LogP contribution in [0.3, 0.4) is 0 Å². The Morgan fingerprint density at radius 1 is 1.25 bits per heavy atom. The molecule has 1 aliphatic heterocycles. The maximum atomic E-state index is 12.9. The average molecular weight is 345 g/mol. The molecule has 105 valence electrons. The number of aryl methyl sites for hydroxylation is 1. The quantitative estimate of drug-likeness (QED) is 0.821. The lowest BCUT2D eigenvalue weighted by Crippen LogP contribution is -2.32. The van der Waals surface area contributed by atoms with Crippen molar-refractivity contribution in [2.75, 3.05) is 0 Å². The van der Waals surface area contributed by atoms with Crippen LogP contribution >= 0.6 is 15.9 Å². The molecule has 0 saturated heterocycles. The summed E-state index contributed by atoms with van der Waals surface area (Å²) < 4.78 is 38.7. The van der Waals surface area contributed by atoms with Gasteiger partial charge < -0.3 is 5.32 Å². The molecule has 1 heterocycles. The largest absolute Gasteiger partial charge is 0.437 e. The van der Waals surface area contributed by atoms with Gasteiger partial charge in [0.1, 0.15) is 5.70 Å². The second-order valence-corrected chi connectivity index (χ2v) is 5.40. The molecule has 0 aromatic heterocycles. The van der Waals surface area contributed by atoms with Crippen LogP contribution < -0.4 is 10.7 Å². The molecule has 1 aromatic carbocycles. The number of fused-ring (bicyclic) bond motifs is 1. The number of halogens is 4. The van der Waals surface area contributed by atoms with Crippen molar-refractivity contribution in [3.05, 3.63) is 45.7 Å². The van der Waals surface area contributed by atoms with Crippen LogP contribution in [0.4, 0.5) is 13.2 Å². The van der Waals surface area contributed by atoms with Crippen molar-refractivity contribution in [3.8, 4) is 0 Å². The number of hydrogen-bond acceptors (Lipinski definition) is 2. The molecule has 1 radical (unpaired) electrons. The van der Waals surface area contributed by atoms with Gasteiger partial charge in [0.2, 0.25) is 0 Å². The highest BCUT2D eigenvalue weighted by Gasteiger charge is 2.43. The van der Waals surface area contributed by atoms with E-state index >= 15 is 0 Å². The zero-order chi connectivity index (χ0) is 14.3. The minimum Gasteiger partial charge on any atom is -0.374 e. The monoisotopic (exact) mass is 344 g/mol. The summed E-state index contributed by atoms with van der Waals surface area (Å²) in [6, 6.07) is 7.61. The fourth-order valence-corrected chi connectivity index (χ4v) is 2.88. The first-order valence-corrected chi connectivity index (χ1v) is 6.86. The highest BCUT2D eigenvalue weighted by molar-refractivity contribution is 9.11. The highest BCUT2D eigenvalue weighted by atomic mass is 79.9. The van der Waals surface area contributed by atoms with E-state index in [0.717, 1.165) is 18.4 Å². The number of alkyl halides is 3. The van der Waals surface area contributed by atoms with Crippen LogP contribution in [0.1, 0.15) is 23.6 Å². The van der Waals surface area contributed by atoms with E-state index in [9.17, 15) is 13.2 Å². The molecule has 1 aromatic rings. The minimum absolute atomic E-state index is 0.0841. The number of hydrogen-bond donors (Lipinski definition) is 1. The van der Waals surface area contributed by atoms with Crippen molar-refractivity contribution < 1.29 is 13.2 Å². The van der Waals surface area contributed by atoms with Crippen molar-refractivity contribution in [2.45, 2.75) is 25.1 Å². The van der Waals surface area contributed by atoms with Gasteiger partial charge >= 0.3 is 6.18 Å². The molecule has 0 amide bonds. The van der Waals surface area contributed by atoms with Gasteiger partial charge in [0.25, 0.3) is 0 Å². The predicted octanol–water partition coefficient (Wildman–Crippen LogP) is 3.36. The summed E-state index contributed by atoms with van der Waals surface area (Å²) in [6.07, 6.45) is -2.90. The third-order valence-electron chi connectivity index (χ3n) is 3.40. The Kier molecular flexibility index (Phi) is 3.24. The number of benzene rings is 1. The first kappa shape index (κ1) is 13.5. The summed E-state index contributed by atoms with van der Waals surface area (Å²) in [4.78, 5) is 0. The van der Waals surface area contributed by atoms with Crippen molar-refractivity contribution in [3.63, 3.8) is 0 Å². The Labute approximate surface area is 122 Å². The molecule has 1 aliphatic carbocycles. The van der Waals surface area contributed by atoms with Crippen LogP contribution in [0.2, 0.25) is 0 Å². The SMILES string of the molecule is FC(F)(F)C1=N[N]C(Br)=C1NC1CCc2ccccc21. The molecule has 0 saturated carbocycles. The molecule has 3 nitrogen and oxygen atoms in total. The molecule has 0 bridgehead atoms. The second-order valence-electron chi connectivity index (χ2n) is 4.65. The maximum Gasteiger partial charge on any atom is 0.437 e. The van der Waals surface area contributed by atoms with Gasteiger partial charge in [-0.3, -0.25) is 0 Å². The lowest BCUT2D eigenvalue weighted by atomic mass is 10.1. The predicted molar refractivity (Wildman–Crippen MR) is 72.2 cm³/mol. The van der Waals surface area contributed by atoms with Crippen LogP contribution in [0.5, 0.6) is 0 Å². The Balaban J connectivity index is 1.86. The lowest BCUT2D eigenvalue weighted by molar-refractivity contribution is -0.0585. The van der Waals surface area contributed by atoms with E-state index in [-0.39, 0.29) is 16.3 Å². The standard InChI is InChI=1S/C13H10BrF3N3/c14-12-10(11(19-20-12)13(15,16)17)18-9-6-5-7-3-1-2-4-8(7)9/h1-4,9,18H,5-6H2. The van der Waals surface area contributed by atoms with E-state index in [1.54, 1.807) is 0 Å². The molecule has 3 rings (SSSR count). The second kappa shape index (κ2) is 4.80. The van der Waals surface area contributed by atoms with E-state index in [2.05, 4.69) is 31.8 Å². The number of allylic oxidation sites excluding steroid dienone is 1. The highest BCUT2D eigenvalue weighted by Crippen LogP contribution is 2.35. The van der Waals surface area contributed by atoms with Gasteiger partial charge in [-0.25, -0.2) is 0 Å². The topological polar surface area (TPSA) is 38.5 Å². The van der Waals surface area contributed by atoms with Gasteiger partial charge in [-0.2, -0.15) is 13.2 Å².